The lowest BCUT2D eigenvalue weighted by molar-refractivity contribution is 0.180. The number of ether oxygens (including phenoxy) is 1. The van der Waals surface area contributed by atoms with Crippen molar-refractivity contribution in [1.82, 2.24) is 0 Å². The number of rotatable bonds is 3. The third kappa shape index (κ3) is 2.60. The molecule has 1 aromatic rings. The molecule has 0 aromatic heterocycles. The fraction of sp³-hybridized carbons (Fsp3) is 0.222. The molecular formula is C9H10Cl2O2P+. The molecule has 2 nitrogen and oxygen atoms in total. The SMILES string of the molecule is CCOC(=O)[P+](Cl)(Cl)c1ccccc1. The molecule has 0 atom stereocenters. The molecule has 0 radical (unpaired) electrons. The first kappa shape index (κ1) is 11.8. The highest BCUT2D eigenvalue weighted by Gasteiger charge is 2.50. The molecule has 0 spiro atoms. The summed E-state index contributed by atoms with van der Waals surface area (Å²) >= 11 is 12.0. The molecule has 0 aliphatic heterocycles. The van der Waals surface area contributed by atoms with Crippen molar-refractivity contribution < 1.29 is 9.53 Å². The Bertz CT molecular complexity index is 314. The summed E-state index contributed by atoms with van der Waals surface area (Å²) < 4.78 is 4.81. The second-order valence-electron chi connectivity index (χ2n) is 2.55. The third-order valence-corrected chi connectivity index (χ3v) is 5.11. The van der Waals surface area contributed by atoms with Crippen LogP contribution in [0, 0.1) is 0 Å². The largest absolute Gasteiger partial charge is 0.492 e. The van der Waals surface area contributed by atoms with Gasteiger partial charge in [-0.2, -0.15) is 0 Å². The van der Waals surface area contributed by atoms with Gasteiger partial charge in [-0.15, -0.1) is 0 Å². The van der Waals surface area contributed by atoms with Gasteiger partial charge in [0.15, 0.2) is 0 Å². The minimum atomic E-state index is -2.82. The standard InChI is InChI=1S/C9H10Cl2O2P/c1-2-13-9(12)14(10,11)8-6-4-3-5-7-8/h3-7H,2H2,1H3/q+1. The number of carbonyl (C=O) groups is 1. The monoisotopic (exact) mass is 251 g/mol. The van der Waals surface area contributed by atoms with Gasteiger partial charge in [0.2, 0.25) is 0 Å². The van der Waals surface area contributed by atoms with Crippen molar-refractivity contribution in [3.05, 3.63) is 30.3 Å². The van der Waals surface area contributed by atoms with Crippen molar-refractivity contribution in [1.29, 1.82) is 0 Å². The van der Waals surface area contributed by atoms with Crippen molar-refractivity contribution in [2.45, 2.75) is 6.92 Å². The van der Waals surface area contributed by atoms with E-state index in [0.29, 0.717) is 5.30 Å². The molecule has 0 heterocycles. The Morgan fingerprint density at radius 1 is 1.36 bits per heavy atom. The van der Waals surface area contributed by atoms with Crippen LogP contribution in [-0.2, 0) is 4.74 Å². The zero-order chi connectivity index (χ0) is 10.6. The molecular weight excluding hydrogens is 242 g/mol. The maximum Gasteiger partial charge on any atom is 0.492 e. The molecule has 0 fully saturated rings. The van der Waals surface area contributed by atoms with Gasteiger partial charge in [-0.25, -0.2) is 4.79 Å². The molecule has 0 unspecified atom stereocenters. The smallest absolute Gasteiger partial charge is 0.434 e. The third-order valence-electron chi connectivity index (χ3n) is 1.58. The quantitative estimate of drug-likeness (QED) is 0.765. The average molecular weight is 252 g/mol. The highest BCUT2D eigenvalue weighted by Crippen LogP contribution is 2.69. The van der Waals surface area contributed by atoms with E-state index in [4.69, 9.17) is 27.2 Å². The highest BCUT2D eigenvalue weighted by molar-refractivity contribution is 8.31. The van der Waals surface area contributed by atoms with E-state index in [1.165, 1.54) is 0 Å². The maximum absolute atomic E-state index is 11.4. The van der Waals surface area contributed by atoms with E-state index in [-0.39, 0.29) is 6.61 Å². The summed E-state index contributed by atoms with van der Waals surface area (Å²) in [6.07, 6.45) is 0. The average Bonchev–Trinajstić information content (AvgIpc) is 2.19. The molecule has 0 N–H and O–H groups in total. The predicted molar refractivity (Wildman–Crippen MR) is 61.7 cm³/mol. The van der Waals surface area contributed by atoms with Gasteiger partial charge < -0.3 is 4.74 Å². The van der Waals surface area contributed by atoms with Gasteiger partial charge in [-0.05, 0) is 19.1 Å². The molecule has 0 amide bonds. The van der Waals surface area contributed by atoms with E-state index < -0.39 is 11.7 Å². The number of hydrogen-bond donors (Lipinski definition) is 0. The molecule has 5 heteroatoms. The molecule has 0 saturated carbocycles. The number of halogens is 2. The second-order valence-corrected chi connectivity index (χ2v) is 8.02. The van der Waals surface area contributed by atoms with Crippen LogP contribution < -0.4 is 5.30 Å². The van der Waals surface area contributed by atoms with Crippen LogP contribution in [0.3, 0.4) is 0 Å². The van der Waals surface area contributed by atoms with E-state index in [1.54, 1.807) is 31.2 Å². The van der Waals surface area contributed by atoms with Crippen LogP contribution in [-0.4, -0.2) is 12.3 Å². The molecule has 0 bridgehead atoms. The fourth-order valence-corrected chi connectivity index (χ4v) is 2.94. The van der Waals surface area contributed by atoms with Crippen LogP contribution in [0.25, 0.3) is 0 Å². The van der Waals surface area contributed by atoms with Crippen LogP contribution in [0.5, 0.6) is 0 Å². The molecule has 0 aliphatic rings. The van der Waals surface area contributed by atoms with E-state index in [9.17, 15) is 4.79 Å². The van der Waals surface area contributed by atoms with E-state index in [0.717, 1.165) is 0 Å². The van der Waals surface area contributed by atoms with Crippen molar-refractivity contribution in [2.24, 2.45) is 0 Å². The summed E-state index contributed by atoms with van der Waals surface area (Å²) in [6, 6.07) is 8.86. The lowest BCUT2D eigenvalue weighted by Gasteiger charge is -2.06. The fourth-order valence-electron chi connectivity index (χ4n) is 0.925. The van der Waals surface area contributed by atoms with Crippen LogP contribution in [0.15, 0.2) is 30.3 Å². The summed E-state index contributed by atoms with van der Waals surface area (Å²) in [7, 11) is 0. The topological polar surface area (TPSA) is 26.3 Å². The van der Waals surface area contributed by atoms with Crippen molar-refractivity contribution in [2.75, 3.05) is 6.61 Å². The van der Waals surface area contributed by atoms with Crippen LogP contribution >= 0.6 is 28.4 Å². The van der Waals surface area contributed by atoms with Crippen LogP contribution in [0.4, 0.5) is 4.79 Å². The Morgan fingerprint density at radius 3 is 2.43 bits per heavy atom. The van der Waals surface area contributed by atoms with Crippen LogP contribution in [0.2, 0.25) is 0 Å². The molecule has 1 rings (SSSR count). The minimum Gasteiger partial charge on any atom is -0.434 e. The number of hydrogen-bond acceptors (Lipinski definition) is 2. The van der Waals surface area contributed by atoms with Gasteiger partial charge in [-0.3, -0.25) is 0 Å². The first-order chi connectivity index (χ1) is 6.59. The van der Waals surface area contributed by atoms with Gasteiger partial charge in [0.1, 0.15) is 27.8 Å². The normalized spacial score (nSPS) is 11.1. The molecule has 1 aromatic carbocycles. The van der Waals surface area contributed by atoms with Gasteiger partial charge in [-0.1, -0.05) is 18.2 Å². The Morgan fingerprint density at radius 2 is 1.93 bits per heavy atom. The van der Waals surface area contributed by atoms with Crippen LogP contribution in [0.1, 0.15) is 6.92 Å². The van der Waals surface area contributed by atoms with Crippen molar-refractivity contribution in [3.8, 4) is 0 Å². The summed E-state index contributed by atoms with van der Waals surface area (Å²) in [5.41, 5.74) is -0.533. The number of benzene rings is 1. The lowest BCUT2D eigenvalue weighted by Crippen LogP contribution is -2.11. The zero-order valence-electron chi connectivity index (χ0n) is 7.61. The summed E-state index contributed by atoms with van der Waals surface area (Å²) in [6.45, 7) is 2.00. The Balaban J connectivity index is 2.90. The first-order valence-corrected chi connectivity index (χ1v) is 7.70. The lowest BCUT2D eigenvalue weighted by atomic mass is 10.4. The predicted octanol–water partition coefficient (Wildman–Crippen LogP) is 3.79. The first-order valence-electron chi connectivity index (χ1n) is 4.10. The van der Waals surface area contributed by atoms with E-state index >= 15 is 0 Å². The highest BCUT2D eigenvalue weighted by atomic mass is 35.9. The summed E-state index contributed by atoms with van der Waals surface area (Å²) in [4.78, 5) is 11.4. The second kappa shape index (κ2) is 4.97. The summed E-state index contributed by atoms with van der Waals surface area (Å²) in [5.74, 6) is -2.82. The maximum atomic E-state index is 11.4. The Labute approximate surface area is 93.1 Å². The molecule has 0 saturated heterocycles. The van der Waals surface area contributed by atoms with Gasteiger partial charge in [0.25, 0.3) is 0 Å². The van der Waals surface area contributed by atoms with E-state index in [2.05, 4.69) is 0 Å². The zero-order valence-corrected chi connectivity index (χ0v) is 10.0. The van der Waals surface area contributed by atoms with Gasteiger partial charge in [0, 0.05) is 0 Å². The molecule has 14 heavy (non-hydrogen) atoms. The summed E-state index contributed by atoms with van der Waals surface area (Å²) in [5, 5.41) is 0.627. The molecule has 76 valence electrons. The van der Waals surface area contributed by atoms with E-state index in [1.807, 2.05) is 6.07 Å². The number of carbonyl (C=O) groups excluding carboxylic acids is 1. The van der Waals surface area contributed by atoms with Crippen molar-refractivity contribution >= 4 is 39.5 Å². The van der Waals surface area contributed by atoms with Gasteiger partial charge >= 0.3 is 11.7 Å². The van der Waals surface area contributed by atoms with Gasteiger partial charge in [0.05, 0.1) is 6.61 Å². The van der Waals surface area contributed by atoms with Crippen molar-refractivity contribution in [3.63, 3.8) is 0 Å². The minimum absolute atomic E-state index is 0.285. The molecule has 0 aliphatic carbocycles. The Hall–Kier alpha value is -0.300. The Kier molecular flexibility index (Phi) is 4.18.